The van der Waals surface area contributed by atoms with Crippen LogP contribution in [-0.2, 0) is 14.0 Å². The van der Waals surface area contributed by atoms with E-state index in [0.29, 0.717) is 11.6 Å². The standard InChI is InChI=1S/C6H11ClN4O5S/c1-3-16-5-8-11(6(13)10(5)2)4(12)9-17(7,14)15/h5,8H,3H2,1-2H3,(H,9,12). The molecule has 0 aromatic heterocycles. The van der Waals surface area contributed by atoms with Gasteiger partial charge in [-0.05, 0) is 6.92 Å². The number of urea groups is 2. The fourth-order valence-electron chi connectivity index (χ4n) is 1.11. The van der Waals surface area contributed by atoms with Gasteiger partial charge in [-0.25, -0.2) is 14.3 Å². The molecule has 1 aliphatic rings. The van der Waals surface area contributed by atoms with Crippen molar-refractivity contribution in [3.05, 3.63) is 0 Å². The summed E-state index contributed by atoms with van der Waals surface area (Å²) in [5.74, 6) is 0. The van der Waals surface area contributed by atoms with E-state index >= 15 is 0 Å². The highest BCUT2D eigenvalue weighted by Gasteiger charge is 2.39. The van der Waals surface area contributed by atoms with Gasteiger partial charge in [0.25, 0.3) is 0 Å². The van der Waals surface area contributed by atoms with Crippen LogP contribution in [0.25, 0.3) is 0 Å². The molecule has 0 aromatic rings. The number of hydrogen-bond acceptors (Lipinski definition) is 6. The molecule has 1 saturated heterocycles. The largest absolute Gasteiger partial charge is 0.355 e. The fraction of sp³-hybridized carbons (Fsp3) is 0.667. The maximum absolute atomic E-state index is 11.5. The zero-order chi connectivity index (χ0) is 13.2. The third kappa shape index (κ3) is 3.43. The Morgan fingerprint density at radius 2 is 2.24 bits per heavy atom. The van der Waals surface area contributed by atoms with Crippen molar-refractivity contribution in [2.75, 3.05) is 13.7 Å². The molecule has 0 aliphatic carbocycles. The van der Waals surface area contributed by atoms with Gasteiger partial charge >= 0.3 is 21.3 Å². The summed E-state index contributed by atoms with van der Waals surface area (Å²) in [6.07, 6.45) is -0.837. The Bertz CT molecular complexity index is 426. The maximum Gasteiger partial charge on any atom is 0.355 e. The van der Waals surface area contributed by atoms with E-state index < -0.39 is 27.7 Å². The van der Waals surface area contributed by atoms with Crippen molar-refractivity contribution in [3.8, 4) is 0 Å². The second-order valence-electron chi connectivity index (χ2n) is 3.01. The number of carbonyl (C=O) groups is 2. The van der Waals surface area contributed by atoms with E-state index in [-0.39, 0.29) is 0 Å². The SMILES string of the molecule is CCOC1NN(C(=O)NS(=O)(=O)Cl)C(=O)N1C. The Hall–Kier alpha value is -1.10. The van der Waals surface area contributed by atoms with Gasteiger partial charge in [0.2, 0.25) is 6.35 Å². The molecule has 9 nitrogen and oxygen atoms in total. The summed E-state index contributed by atoms with van der Waals surface area (Å²) in [5.41, 5.74) is 2.37. The molecular weight excluding hydrogens is 276 g/mol. The van der Waals surface area contributed by atoms with Crippen molar-refractivity contribution in [3.63, 3.8) is 0 Å². The van der Waals surface area contributed by atoms with Gasteiger partial charge < -0.3 is 4.74 Å². The van der Waals surface area contributed by atoms with Crippen molar-refractivity contribution in [1.82, 2.24) is 20.1 Å². The van der Waals surface area contributed by atoms with Gasteiger partial charge in [-0.3, -0.25) is 4.90 Å². The molecule has 1 unspecified atom stereocenters. The fourth-order valence-corrected chi connectivity index (χ4v) is 1.61. The van der Waals surface area contributed by atoms with Crippen LogP contribution < -0.4 is 10.1 Å². The van der Waals surface area contributed by atoms with Crippen LogP contribution >= 0.6 is 10.7 Å². The number of hydrazine groups is 1. The van der Waals surface area contributed by atoms with Crippen LogP contribution in [0.1, 0.15) is 6.92 Å². The van der Waals surface area contributed by atoms with E-state index in [0.717, 1.165) is 4.90 Å². The topological polar surface area (TPSA) is 108 Å². The second-order valence-corrected chi connectivity index (χ2v) is 5.31. The smallest absolute Gasteiger partial charge is 0.344 e. The number of amides is 4. The van der Waals surface area contributed by atoms with Gasteiger partial charge in [0.15, 0.2) is 0 Å². The average Bonchev–Trinajstić information content (AvgIpc) is 2.44. The third-order valence-electron chi connectivity index (χ3n) is 1.82. The van der Waals surface area contributed by atoms with Crippen molar-refractivity contribution in [2.45, 2.75) is 13.3 Å². The van der Waals surface area contributed by atoms with Gasteiger partial charge in [0, 0.05) is 24.3 Å². The first-order valence-electron chi connectivity index (χ1n) is 4.47. The van der Waals surface area contributed by atoms with Crippen LogP contribution in [0, 0.1) is 0 Å². The minimum Gasteiger partial charge on any atom is -0.344 e. The summed E-state index contributed by atoms with van der Waals surface area (Å²) < 4.78 is 27.8. The van der Waals surface area contributed by atoms with E-state index in [2.05, 4.69) is 5.43 Å². The highest BCUT2D eigenvalue weighted by Crippen LogP contribution is 2.10. The summed E-state index contributed by atoms with van der Waals surface area (Å²) in [4.78, 5) is 24.0. The Morgan fingerprint density at radius 1 is 1.65 bits per heavy atom. The summed E-state index contributed by atoms with van der Waals surface area (Å²) >= 11 is 0. The Kier molecular flexibility index (Phi) is 4.14. The van der Waals surface area contributed by atoms with Crippen LogP contribution in [0.15, 0.2) is 0 Å². The molecule has 1 heterocycles. The molecule has 1 fully saturated rings. The predicted octanol–water partition coefficient (Wildman–Crippen LogP) is -0.628. The van der Waals surface area contributed by atoms with Gasteiger partial charge in [-0.1, -0.05) is 0 Å². The number of rotatable bonds is 3. The number of carbonyl (C=O) groups excluding carboxylic acids is 2. The molecule has 0 saturated carbocycles. The zero-order valence-electron chi connectivity index (χ0n) is 9.01. The molecule has 0 radical (unpaired) electrons. The van der Waals surface area contributed by atoms with Gasteiger partial charge in [-0.2, -0.15) is 18.9 Å². The third-order valence-corrected chi connectivity index (χ3v) is 2.47. The molecule has 98 valence electrons. The van der Waals surface area contributed by atoms with Crippen LogP contribution in [0.4, 0.5) is 9.59 Å². The lowest BCUT2D eigenvalue weighted by Gasteiger charge is -2.16. The van der Waals surface area contributed by atoms with Crippen LogP contribution in [-0.4, -0.2) is 50.4 Å². The summed E-state index contributed by atoms with van der Waals surface area (Å²) in [5, 5.41) is 0.459. The molecule has 0 spiro atoms. The molecule has 1 rings (SSSR count). The van der Waals surface area contributed by atoms with E-state index in [1.54, 1.807) is 6.92 Å². The Morgan fingerprint density at radius 3 is 2.71 bits per heavy atom. The lowest BCUT2D eigenvalue weighted by Crippen LogP contribution is -2.48. The summed E-state index contributed by atoms with van der Waals surface area (Å²) in [6, 6.07) is -1.97. The predicted molar refractivity (Wildman–Crippen MR) is 56.9 cm³/mol. The monoisotopic (exact) mass is 286 g/mol. The quantitative estimate of drug-likeness (QED) is 0.669. The van der Waals surface area contributed by atoms with Crippen molar-refractivity contribution >= 4 is 32.0 Å². The van der Waals surface area contributed by atoms with E-state index in [1.807, 2.05) is 0 Å². The normalized spacial score (nSPS) is 20.9. The summed E-state index contributed by atoms with van der Waals surface area (Å²) in [6.45, 7) is 2.00. The lowest BCUT2D eigenvalue weighted by molar-refractivity contribution is -0.0300. The number of nitrogens with zero attached hydrogens (tertiary/aromatic N) is 2. The average molecular weight is 287 g/mol. The number of imide groups is 1. The molecule has 0 bridgehead atoms. The summed E-state index contributed by atoms with van der Waals surface area (Å²) in [7, 11) is 1.95. The van der Waals surface area contributed by atoms with Crippen molar-refractivity contribution in [2.24, 2.45) is 0 Å². The molecule has 1 aliphatic heterocycles. The minimum atomic E-state index is -4.25. The molecule has 4 amide bonds. The van der Waals surface area contributed by atoms with Crippen LogP contribution in [0.2, 0.25) is 0 Å². The van der Waals surface area contributed by atoms with Gasteiger partial charge in [0.1, 0.15) is 0 Å². The second kappa shape index (κ2) is 5.04. The van der Waals surface area contributed by atoms with Crippen molar-refractivity contribution in [1.29, 1.82) is 0 Å². The van der Waals surface area contributed by atoms with Gasteiger partial charge in [-0.15, -0.1) is 0 Å². The molecule has 0 aromatic carbocycles. The zero-order valence-corrected chi connectivity index (χ0v) is 10.6. The lowest BCUT2D eigenvalue weighted by atomic mass is 10.7. The van der Waals surface area contributed by atoms with E-state index in [1.165, 1.54) is 11.8 Å². The minimum absolute atomic E-state index is 0.304. The molecule has 1 atom stereocenters. The molecule has 17 heavy (non-hydrogen) atoms. The number of ether oxygens (including phenoxy) is 1. The first-order valence-corrected chi connectivity index (χ1v) is 6.78. The number of nitrogens with one attached hydrogen (secondary N) is 2. The molecule has 11 heteroatoms. The number of halogens is 1. The Labute approximate surface area is 102 Å². The first-order chi connectivity index (χ1) is 7.76. The molecule has 2 N–H and O–H groups in total. The number of hydrogen-bond donors (Lipinski definition) is 2. The maximum atomic E-state index is 11.5. The highest BCUT2D eigenvalue weighted by atomic mass is 35.7. The van der Waals surface area contributed by atoms with Crippen molar-refractivity contribution < 1.29 is 22.7 Å². The van der Waals surface area contributed by atoms with Crippen LogP contribution in [0.3, 0.4) is 0 Å². The van der Waals surface area contributed by atoms with E-state index in [9.17, 15) is 18.0 Å². The van der Waals surface area contributed by atoms with E-state index in [4.69, 9.17) is 15.4 Å². The first kappa shape index (κ1) is 14.0. The highest BCUT2D eigenvalue weighted by molar-refractivity contribution is 8.12. The molecular formula is C6H11ClN4O5S. The van der Waals surface area contributed by atoms with Crippen LogP contribution in [0.5, 0.6) is 0 Å². The Balaban J connectivity index is 2.74. The van der Waals surface area contributed by atoms with Gasteiger partial charge in [0.05, 0.1) is 0 Å².